The van der Waals surface area contributed by atoms with Gasteiger partial charge in [-0.2, -0.15) is 0 Å². The zero-order valence-corrected chi connectivity index (χ0v) is 13.8. The Kier molecular flexibility index (Phi) is 2.75. The number of hydrogen-bond acceptors (Lipinski definition) is 6. The van der Waals surface area contributed by atoms with Gasteiger partial charge in [-0.05, 0) is 20.8 Å². The molecule has 1 N–H and O–H groups in total. The van der Waals surface area contributed by atoms with Gasteiger partial charge in [-0.3, -0.25) is 0 Å². The number of rotatable bonds is 0. The minimum Gasteiger partial charge on any atom is -0.384 e. The first kappa shape index (κ1) is 14.7. The molecule has 0 saturated carbocycles. The third kappa shape index (κ3) is 1.40. The van der Waals surface area contributed by atoms with Crippen molar-refractivity contribution in [2.75, 3.05) is 41.3 Å². The van der Waals surface area contributed by atoms with Crippen LogP contribution in [0.2, 0.25) is 0 Å². The third-order valence-electron chi connectivity index (χ3n) is 6.29. The molecule has 0 aromatic rings. The van der Waals surface area contributed by atoms with Crippen molar-refractivity contribution in [3.05, 3.63) is 0 Å². The zero-order valence-electron chi connectivity index (χ0n) is 13.8. The number of hydrogen-bond donors (Lipinski definition) is 1. The SMILES string of the molecule is CN1C[C@](C)(O)[C@]2(C[C@]3(C)N(C)N(C)C[C@@]3(C)O2)N1C. The average molecular weight is 284 g/mol. The van der Waals surface area contributed by atoms with Crippen LogP contribution in [0.1, 0.15) is 27.2 Å². The molecule has 116 valence electrons. The monoisotopic (exact) mass is 284 g/mol. The van der Waals surface area contributed by atoms with Crippen molar-refractivity contribution in [1.82, 2.24) is 20.0 Å². The lowest BCUT2D eigenvalue weighted by atomic mass is 9.79. The van der Waals surface area contributed by atoms with Crippen LogP contribution in [0.5, 0.6) is 0 Å². The third-order valence-corrected chi connectivity index (χ3v) is 6.29. The number of likely N-dealkylation sites (N-methyl/N-ethyl adjacent to an activating group) is 4. The first-order valence-electron chi connectivity index (χ1n) is 7.31. The van der Waals surface area contributed by atoms with Gasteiger partial charge < -0.3 is 9.84 Å². The second-order valence-corrected chi connectivity index (χ2v) is 7.52. The molecule has 4 atom stereocenters. The van der Waals surface area contributed by atoms with E-state index in [0.717, 1.165) is 13.0 Å². The van der Waals surface area contributed by atoms with Crippen molar-refractivity contribution < 1.29 is 9.84 Å². The van der Waals surface area contributed by atoms with Crippen LogP contribution in [0, 0.1) is 0 Å². The van der Waals surface area contributed by atoms with E-state index in [-0.39, 0.29) is 11.1 Å². The summed E-state index contributed by atoms with van der Waals surface area (Å²) >= 11 is 0. The Balaban J connectivity index is 2.06. The van der Waals surface area contributed by atoms with Gasteiger partial charge in [-0.15, -0.1) is 0 Å². The topological polar surface area (TPSA) is 42.4 Å². The summed E-state index contributed by atoms with van der Waals surface area (Å²) < 4.78 is 6.61. The van der Waals surface area contributed by atoms with E-state index in [4.69, 9.17) is 4.74 Å². The highest BCUT2D eigenvalue weighted by Gasteiger charge is 2.74. The molecule has 0 amide bonds. The van der Waals surface area contributed by atoms with Gasteiger partial charge in [-0.1, -0.05) is 0 Å². The molecular weight excluding hydrogens is 256 g/mol. The van der Waals surface area contributed by atoms with Crippen LogP contribution in [0.25, 0.3) is 0 Å². The van der Waals surface area contributed by atoms with E-state index in [2.05, 4.69) is 48.0 Å². The molecule has 0 aliphatic carbocycles. The number of β-amino-alcohol motifs (C(OH)–C–C–N with tert-alkyl or cyclic N) is 1. The highest BCUT2D eigenvalue weighted by atomic mass is 16.6. The molecule has 3 fully saturated rings. The highest BCUT2D eigenvalue weighted by molar-refractivity contribution is 5.21. The fourth-order valence-electron chi connectivity index (χ4n) is 4.53. The Morgan fingerprint density at radius 1 is 0.900 bits per heavy atom. The van der Waals surface area contributed by atoms with E-state index in [0.29, 0.717) is 6.54 Å². The minimum absolute atomic E-state index is 0.120. The predicted molar refractivity (Wildman–Crippen MR) is 76.7 cm³/mol. The first-order valence-corrected chi connectivity index (χ1v) is 7.31. The summed E-state index contributed by atoms with van der Waals surface area (Å²) in [6.45, 7) is 7.74. The lowest BCUT2D eigenvalue weighted by Gasteiger charge is -2.42. The molecular formula is C14H28N4O2. The molecule has 6 nitrogen and oxygen atoms in total. The molecule has 0 aromatic carbocycles. The summed E-state index contributed by atoms with van der Waals surface area (Å²) in [4.78, 5) is 0. The number of hydrazine groups is 2. The number of aliphatic hydroxyl groups is 1. The lowest BCUT2D eigenvalue weighted by Crippen LogP contribution is -2.59. The lowest BCUT2D eigenvalue weighted by molar-refractivity contribution is -0.244. The van der Waals surface area contributed by atoms with Crippen molar-refractivity contribution in [3.8, 4) is 0 Å². The fourth-order valence-corrected chi connectivity index (χ4v) is 4.53. The Labute approximate surface area is 121 Å². The minimum atomic E-state index is -0.883. The van der Waals surface area contributed by atoms with Crippen molar-refractivity contribution in [2.24, 2.45) is 0 Å². The van der Waals surface area contributed by atoms with Crippen LogP contribution < -0.4 is 0 Å². The Morgan fingerprint density at radius 3 is 1.90 bits per heavy atom. The molecule has 0 aromatic heterocycles. The van der Waals surface area contributed by atoms with E-state index in [9.17, 15) is 5.11 Å². The largest absolute Gasteiger partial charge is 0.384 e. The van der Waals surface area contributed by atoms with Crippen LogP contribution in [0.4, 0.5) is 0 Å². The van der Waals surface area contributed by atoms with Gasteiger partial charge in [0.15, 0.2) is 5.72 Å². The van der Waals surface area contributed by atoms with Gasteiger partial charge in [0.25, 0.3) is 0 Å². The Morgan fingerprint density at radius 2 is 1.45 bits per heavy atom. The molecule has 6 heteroatoms. The number of fused-ring (bicyclic) bond motifs is 1. The van der Waals surface area contributed by atoms with Crippen molar-refractivity contribution in [3.63, 3.8) is 0 Å². The molecule has 20 heavy (non-hydrogen) atoms. The molecule has 0 unspecified atom stereocenters. The first-order chi connectivity index (χ1) is 8.99. The molecule has 3 aliphatic rings. The van der Waals surface area contributed by atoms with Gasteiger partial charge in [0.1, 0.15) is 11.2 Å². The molecule has 1 spiro atoms. The maximum atomic E-state index is 11.0. The smallest absolute Gasteiger partial charge is 0.166 e. The average Bonchev–Trinajstić information content (AvgIpc) is 2.71. The molecule has 0 radical (unpaired) electrons. The normalized spacial score (nSPS) is 55.2. The van der Waals surface area contributed by atoms with Crippen molar-refractivity contribution in [1.29, 1.82) is 0 Å². The van der Waals surface area contributed by atoms with E-state index in [1.54, 1.807) is 0 Å². The molecule has 3 heterocycles. The second-order valence-electron chi connectivity index (χ2n) is 7.52. The molecule has 3 aliphatic heterocycles. The van der Waals surface area contributed by atoms with Gasteiger partial charge in [0.05, 0.1) is 5.54 Å². The molecule has 0 bridgehead atoms. The zero-order chi connectivity index (χ0) is 15.1. The summed E-state index contributed by atoms with van der Waals surface area (Å²) in [5, 5.41) is 19.6. The summed E-state index contributed by atoms with van der Waals surface area (Å²) in [5.74, 6) is 0. The van der Waals surface area contributed by atoms with E-state index in [1.807, 2.05) is 21.0 Å². The van der Waals surface area contributed by atoms with Crippen LogP contribution >= 0.6 is 0 Å². The van der Waals surface area contributed by atoms with E-state index >= 15 is 0 Å². The maximum Gasteiger partial charge on any atom is 0.166 e. The fraction of sp³-hybridized carbons (Fsp3) is 1.00. The van der Waals surface area contributed by atoms with Crippen molar-refractivity contribution >= 4 is 0 Å². The molecule has 3 rings (SSSR count). The molecule has 3 saturated heterocycles. The van der Waals surface area contributed by atoms with Gasteiger partial charge in [0.2, 0.25) is 0 Å². The summed E-state index contributed by atoms with van der Waals surface area (Å²) in [6, 6.07) is 0. The quantitative estimate of drug-likeness (QED) is 0.673. The second kappa shape index (κ2) is 3.74. The van der Waals surface area contributed by atoms with Crippen molar-refractivity contribution in [2.45, 2.75) is 49.7 Å². The van der Waals surface area contributed by atoms with Crippen LogP contribution in [-0.2, 0) is 4.74 Å². The summed E-state index contributed by atoms with van der Waals surface area (Å²) in [7, 11) is 8.22. The summed E-state index contributed by atoms with van der Waals surface area (Å²) in [6.07, 6.45) is 0.783. The number of nitrogens with zero attached hydrogens (tertiary/aromatic N) is 4. The summed E-state index contributed by atoms with van der Waals surface area (Å²) in [5.41, 5.74) is -1.95. The highest BCUT2D eigenvalue weighted by Crippen LogP contribution is 2.58. The van der Waals surface area contributed by atoms with Crippen LogP contribution in [-0.4, -0.2) is 88.9 Å². The standard InChI is InChI=1S/C14H28N4O2/c1-11-8-14(12(2,19)9-15(4)18(14)7)20-13(11,3)10-16(5)17(11)6/h19H,8-10H2,1-7H3/t11-,12-,13+,14+/m0/s1. The van der Waals surface area contributed by atoms with Crippen LogP contribution in [0.15, 0.2) is 0 Å². The van der Waals surface area contributed by atoms with Gasteiger partial charge in [0, 0.05) is 47.7 Å². The van der Waals surface area contributed by atoms with Gasteiger partial charge >= 0.3 is 0 Å². The predicted octanol–water partition coefficient (Wildman–Crippen LogP) is -0.0442. The Bertz CT molecular complexity index is 445. The van der Waals surface area contributed by atoms with E-state index in [1.165, 1.54) is 0 Å². The van der Waals surface area contributed by atoms with Gasteiger partial charge in [-0.25, -0.2) is 20.0 Å². The number of ether oxygens (including phenoxy) is 1. The van der Waals surface area contributed by atoms with E-state index < -0.39 is 11.3 Å². The Hall–Kier alpha value is -0.240. The van der Waals surface area contributed by atoms with Crippen LogP contribution in [0.3, 0.4) is 0 Å². The maximum absolute atomic E-state index is 11.0.